The van der Waals surface area contributed by atoms with Crippen LogP contribution in [0.15, 0.2) is 10.9 Å². The zero-order valence-electron chi connectivity index (χ0n) is 9.14. The first-order valence-electron chi connectivity index (χ1n) is 4.78. The number of halogens is 2. The van der Waals surface area contributed by atoms with E-state index >= 15 is 0 Å². The molecule has 4 nitrogen and oxygen atoms in total. The van der Waals surface area contributed by atoms with Gasteiger partial charge in [-0.3, -0.25) is 14.6 Å². The number of hydrogen-bond acceptors (Lipinski definition) is 2. The average molecular weight is 221 g/mol. The molecule has 0 saturated carbocycles. The van der Waals surface area contributed by atoms with E-state index in [1.54, 1.807) is 0 Å². The van der Waals surface area contributed by atoms with Gasteiger partial charge in [0.15, 0.2) is 5.65 Å². The summed E-state index contributed by atoms with van der Waals surface area (Å²) in [5.41, 5.74) is -0.692. The topological polar surface area (TPSA) is 50.7 Å². The highest BCUT2D eigenvalue weighted by atomic mass is 35.5. The molecule has 0 fully saturated rings. The van der Waals surface area contributed by atoms with Crippen molar-refractivity contribution in [2.45, 2.75) is 0 Å². The molecule has 0 unspecified atom stereocenters. The average Bonchev–Trinajstić information content (AvgIpc) is 2.41. The maximum atomic E-state index is 11.7. The summed E-state index contributed by atoms with van der Waals surface area (Å²) >= 11 is 11.4. The van der Waals surface area contributed by atoms with Gasteiger partial charge in [-0.1, -0.05) is 23.2 Å². The summed E-state index contributed by atoms with van der Waals surface area (Å²) in [6, 6.07) is 1.28. The molecule has 13 heavy (non-hydrogen) atoms. The summed E-state index contributed by atoms with van der Waals surface area (Å²) in [5.74, 6) is 0. The third kappa shape index (κ3) is 1.22. The van der Waals surface area contributed by atoms with Crippen LogP contribution in [0, 0.1) is 0 Å². The summed E-state index contributed by atoms with van der Waals surface area (Å²) in [4.78, 5) is 15.5. The minimum Gasteiger partial charge on any atom is -0.279 e. The Morgan fingerprint density at radius 3 is 3.15 bits per heavy atom. The Kier molecular flexibility index (Phi) is 1.20. The van der Waals surface area contributed by atoms with Crippen LogP contribution in [-0.4, -0.2) is 14.8 Å². The Balaban J connectivity index is 2.89. The lowest BCUT2D eigenvalue weighted by Gasteiger charge is -1.91. The molecular formula is C7H5Cl2N3O. The summed E-state index contributed by atoms with van der Waals surface area (Å²) in [6.07, 6.45) is 0. The number of H-pyrrole nitrogens is 1. The van der Waals surface area contributed by atoms with Crippen LogP contribution in [0.1, 0.15) is 4.11 Å². The molecule has 0 bridgehead atoms. The Morgan fingerprint density at radius 2 is 2.46 bits per heavy atom. The standard InChI is InChI=1S/C7H5Cl2N3O/c1-12-7(13)5-3(8)2-4(9)10-6(5)11-12/h2H,1H3,(H,10,11)/i1D3. The predicted molar refractivity (Wildman–Crippen MR) is 51.4 cm³/mol. The summed E-state index contributed by atoms with van der Waals surface area (Å²) in [7, 11) is 0. The van der Waals surface area contributed by atoms with E-state index in [1.165, 1.54) is 6.07 Å². The van der Waals surface area contributed by atoms with Gasteiger partial charge in [0.1, 0.15) is 10.5 Å². The SMILES string of the molecule is [2H]C([2H])([2H])n1[nH]c2nc(Cl)cc(Cl)c2c1=O. The van der Waals surface area contributed by atoms with Crippen molar-refractivity contribution in [3.63, 3.8) is 0 Å². The van der Waals surface area contributed by atoms with Gasteiger partial charge in [0.2, 0.25) is 0 Å². The van der Waals surface area contributed by atoms with Crippen molar-refractivity contribution >= 4 is 34.2 Å². The highest BCUT2D eigenvalue weighted by molar-refractivity contribution is 6.37. The number of nitrogens with zero attached hydrogens (tertiary/aromatic N) is 2. The molecule has 0 atom stereocenters. The van der Waals surface area contributed by atoms with Gasteiger partial charge in [0.25, 0.3) is 5.56 Å². The van der Waals surface area contributed by atoms with Crippen LogP contribution in [0.4, 0.5) is 0 Å². The first-order chi connectivity index (χ1) is 7.30. The third-order valence-electron chi connectivity index (χ3n) is 1.57. The van der Waals surface area contributed by atoms with Crippen molar-refractivity contribution in [2.24, 2.45) is 6.98 Å². The molecule has 0 aliphatic carbocycles. The van der Waals surface area contributed by atoms with Crippen LogP contribution >= 0.6 is 23.2 Å². The van der Waals surface area contributed by atoms with Crippen molar-refractivity contribution in [1.82, 2.24) is 14.8 Å². The molecule has 0 aromatic carbocycles. The number of aromatic amines is 1. The Bertz CT molecular complexity index is 616. The van der Waals surface area contributed by atoms with Gasteiger partial charge in [-0.2, -0.15) is 0 Å². The zero-order valence-corrected chi connectivity index (χ0v) is 7.65. The first-order valence-corrected chi connectivity index (χ1v) is 4.03. The molecular weight excluding hydrogens is 213 g/mol. The molecule has 6 heteroatoms. The van der Waals surface area contributed by atoms with Gasteiger partial charge in [0, 0.05) is 11.1 Å². The van der Waals surface area contributed by atoms with Crippen LogP contribution in [0.3, 0.4) is 0 Å². The molecule has 2 aromatic heterocycles. The van der Waals surface area contributed by atoms with Gasteiger partial charge in [0.05, 0.1) is 5.02 Å². The van der Waals surface area contributed by atoms with E-state index in [4.69, 9.17) is 27.3 Å². The van der Waals surface area contributed by atoms with Gasteiger partial charge >= 0.3 is 0 Å². The lowest BCUT2D eigenvalue weighted by atomic mass is 10.3. The first kappa shape index (κ1) is 5.67. The van der Waals surface area contributed by atoms with E-state index in [9.17, 15) is 4.79 Å². The van der Waals surface area contributed by atoms with E-state index in [0.717, 1.165) is 0 Å². The largest absolute Gasteiger partial charge is 0.279 e. The molecule has 68 valence electrons. The molecule has 0 spiro atoms. The second-order valence-corrected chi connectivity index (χ2v) is 3.20. The smallest absolute Gasteiger partial charge is 0.277 e. The fourth-order valence-corrected chi connectivity index (χ4v) is 1.56. The fourth-order valence-electron chi connectivity index (χ4n) is 1.04. The maximum absolute atomic E-state index is 11.7. The Morgan fingerprint density at radius 1 is 1.69 bits per heavy atom. The molecule has 0 amide bonds. The van der Waals surface area contributed by atoms with E-state index < -0.39 is 12.5 Å². The van der Waals surface area contributed by atoms with E-state index in [-0.39, 0.29) is 21.2 Å². The molecule has 0 saturated heterocycles. The second kappa shape index (κ2) is 2.75. The van der Waals surface area contributed by atoms with E-state index in [2.05, 4.69) is 10.1 Å². The van der Waals surface area contributed by atoms with Gasteiger partial charge in [-0.05, 0) is 6.07 Å². The van der Waals surface area contributed by atoms with E-state index in [1.807, 2.05) is 0 Å². The number of nitrogens with one attached hydrogen (secondary N) is 1. The summed E-state index contributed by atoms with van der Waals surface area (Å²) in [6.45, 7) is -2.60. The van der Waals surface area contributed by atoms with Gasteiger partial charge in [-0.15, -0.1) is 0 Å². The number of pyridine rings is 1. The van der Waals surface area contributed by atoms with Crippen LogP contribution in [0.25, 0.3) is 11.0 Å². The molecule has 2 heterocycles. The fraction of sp³-hybridized carbons (Fsp3) is 0.143. The molecule has 2 aromatic rings. The van der Waals surface area contributed by atoms with Gasteiger partial charge in [-0.25, -0.2) is 4.98 Å². The van der Waals surface area contributed by atoms with Crippen LogP contribution in [-0.2, 0) is 6.98 Å². The number of rotatable bonds is 0. The van der Waals surface area contributed by atoms with Crippen LogP contribution < -0.4 is 5.56 Å². The van der Waals surface area contributed by atoms with Crippen molar-refractivity contribution in [3.05, 3.63) is 26.6 Å². The van der Waals surface area contributed by atoms with Crippen LogP contribution in [0.5, 0.6) is 0 Å². The third-order valence-corrected chi connectivity index (χ3v) is 2.07. The monoisotopic (exact) mass is 220 g/mol. The molecule has 0 radical (unpaired) electrons. The van der Waals surface area contributed by atoms with Gasteiger partial charge < -0.3 is 0 Å². The lowest BCUT2D eigenvalue weighted by molar-refractivity contribution is 0.748. The highest BCUT2D eigenvalue weighted by Crippen LogP contribution is 2.20. The Labute approximate surface area is 87.3 Å². The number of hydrogen-bond donors (Lipinski definition) is 1. The zero-order chi connectivity index (χ0) is 12.1. The van der Waals surface area contributed by atoms with Crippen LogP contribution in [0.2, 0.25) is 10.2 Å². The highest BCUT2D eigenvalue weighted by Gasteiger charge is 2.10. The Hall–Kier alpha value is -1.00. The maximum Gasteiger partial charge on any atom is 0.277 e. The minimum absolute atomic E-state index is 0.0159. The van der Waals surface area contributed by atoms with Crippen molar-refractivity contribution in [1.29, 1.82) is 0 Å². The molecule has 2 rings (SSSR count). The lowest BCUT2D eigenvalue weighted by Crippen LogP contribution is -2.11. The predicted octanol–water partition coefficient (Wildman–Crippen LogP) is 1.57. The van der Waals surface area contributed by atoms with E-state index in [0.29, 0.717) is 4.68 Å². The number of fused-ring (bicyclic) bond motifs is 1. The van der Waals surface area contributed by atoms with Crippen molar-refractivity contribution in [3.8, 4) is 0 Å². The summed E-state index contributed by atoms with van der Waals surface area (Å²) < 4.78 is 21.9. The van der Waals surface area contributed by atoms with Crippen molar-refractivity contribution < 1.29 is 4.11 Å². The summed E-state index contributed by atoms with van der Waals surface area (Å²) in [5, 5.41) is 2.51. The molecule has 0 aliphatic rings. The van der Waals surface area contributed by atoms with Crippen molar-refractivity contribution in [2.75, 3.05) is 0 Å². The quantitative estimate of drug-likeness (QED) is 0.686. The number of aryl methyl sites for hydroxylation is 1. The molecule has 0 aliphatic heterocycles. The normalized spacial score (nSPS) is 15.4. The minimum atomic E-state index is -2.60. The molecule has 1 N–H and O–H groups in total. The second-order valence-electron chi connectivity index (χ2n) is 2.40. The number of aromatic nitrogens is 3.